The van der Waals surface area contributed by atoms with Gasteiger partial charge in [0, 0.05) is 38.2 Å². The fraction of sp³-hybridized carbons (Fsp3) is 0.300. The number of aliphatic hydroxyl groups excluding tert-OH is 1. The molecule has 0 fully saturated rings. The highest BCUT2D eigenvalue weighted by molar-refractivity contribution is 14.0. The van der Waals surface area contributed by atoms with Crippen molar-refractivity contribution in [3.8, 4) is 0 Å². The predicted octanol–water partition coefficient (Wildman–Crippen LogP) is 3.28. The Morgan fingerprint density at radius 3 is 2.34 bits per heavy atom. The maximum absolute atomic E-state index is 12.1. The lowest BCUT2D eigenvalue weighted by Gasteiger charge is -2.18. The fourth-order valence-corrected chi connectivity index (χ4v) is 2.85. The first-order chi connectivity index (χ1) is 13.5. The highest BCUT2D eigenvalue weighted by Crippen LogP contribution is 2.22. The Labute approximate surface area is 198 Å². The molecule has 0 aromatic heterocycles. The SMILES string of the molecule is CN=C(NCCNC(=O)c1ccc(Cl)c(Cl)c1)NCC(CO)c1ccccc1.I. The number of nitrogens with zero attached hydrogens (tertiary/aromatic N) is 1. The van der Waals surface area contributed by atoms with Crippen LogP contribution < -0.4 is 16.0 Å². The lowest BCUT2D eigenvalue weighted by Crippen LogP contribution is -2.43. The number of amides is 1. The third-order valence-corrected chi connectivity index (χ3v) is 4.85. The summed E-state index contributed by atoms with van der Waals surface area (Å²) in [4.78, 5) is 16.3. The number of nitrogens with one attached hydrogen (secondary N) is 3. The smallest absolute Gasteiger partial charge is 0.251 e. The highest BCUT2D eigenvalue weighted by atomic mass is 127. The molecule has 0 aliphatic carbocycles. The van der Waals surface area contributed by atoms with Gasteiger partial charge < -0.3 is 21.1 Å². The molecule has 0 saturated carbocycles. The van der Waals surface area contributed by atoms with E-state index in [1.54, 1.807) is 19.2 Å². The molecule has 1 atom stereocenters. The minimum absolute atomic E-state index is 0. The van der Waals surface area contributed by atoms with Crippen molar-refractivity contribution in [2.75, 3.05) is 33.3 Å². The molecule has 0 saturated heterocycles. The van der Waals surface area contributed by atoms with Crippen LogP contribution in [0.3, 0.4) is 0 Å². The average molecular weight is 551 g/mol. The summed E-state index contributed by atoms with van der Waals surface area (Å²) in [5.41, 5.74) is 1.51. The zero-order valence-electron chi connectivity index (χ0n) is 16.0. The van der Waals surface area contributed by atoms with Gasteiger partial charge in [0.05, 0.1) is 16.7 Å². The van der Waals surface area contributed by atoms with E-state index in [1.807, 2.05) is 30.3 Å². The number of rotatable bonds is 8. The molecular formula is C20H25Cl2IN4O2. The van der Waals surface area contributed by atoms with Crippen LogP contribution in [0.1, 0.15) is 21.8 Å². The molecule has 6 nitrogen and oxygen atoms in total. The largest absolute Gasteiger partial charge is 0.396 e. The van der Waals surface area contributed by atoms with E-state index in [4.69, 9.17) is 23.2 Å². The molecule has 2 aromatic carbocycles. The molecule has 0 bridgehead atoms. The van der Waals surface area contributed by atoms with Crippen LogP contribution >= 0.6 is 47.2 Å². The molecule has 2 rings (SSSR count). The molecule has 1 amide bonds. The summed E-state index contributed by atoms with van der Waals surface area (Å²) in [6.07, 6.45) is 0. The second kappa shape index (κ2) is 13.6. The summed E-state index contributed by atoms with van der Waals surface area (Å²) in [6.45, 7) is 1.47. The molecule has 0 spiro atoms. The van der Waals surface area contributed by atoms with E-state index in [0.29, 0.717) is 41.2 Å². The van der Waals surface area contributed by atoms with Gasteiger partial charge in [0.15, 0.2) is 5.96 Å². The van der Waals surface area contributed by atoms with Crippen molar-refractivity contribution >= 4 is 59.0 Å². The summed E-state index contributed by atoms with van der Waals surface area (Å²) < 4.78 is 0. The topological polar surface area (TPSA) is 85.8 Å². The molecule has 9 heteroatoms. The Balaban J connectivity index is 0.00000420. The van der Waals surface area contributed by atoms with Crippen LogP contribution in [-0.4, -0.2) is 50.3 Å². The van der Waals surface area contributed by atoms with Gasteiger partial charge in [-0.05, 0) is 23.8 Å². The fourth-order valence-electron chi connectivity index (χ4n) is 2.55. The molecule has 1 unspecified atom stereocenters. The Morgan fingerprint density at radius 1 is 1.03 bits per heavy atom. The van der Waals surface area contributed by atoms with Gasteiger partial charge in [-0.15, -0.1) is 24.0 Å². The molecule has 0 heterocycles. The first-order valence-electron chi connectivity index (χ1n) is 8.88. The van der Waals surface area contributed by atoms with Crippen LogP contribution in [0.5, 0.6) is 0 Å². The van der Waals surface area contributed by atoms with Crippen molar-refractivity contribution in [2.24, 2.45) is 4.99 Å². The molecule has 2 aromatic rings. The first kappa shape index (κ1) is 25.5. The summed E-state index contributed by atoms with van der Waals surface area (Å²) in [7, 11) is 1.67. The number of benzene rings is 2. The summed E-state index contributed by atoms with van der Waals surface area (Å²) in [5, 5.41) is 19.5. The monoisotopic (exact) mass is 550 g/mol. The molecule has 0 aliphatic rings. The van der Waals surface area contributed by atoms with E-state index in [2.05, 4.69) is 20.9 Å². The van der Waals surface area contributed by atoms with Gasteiger partial charge in [-0.2, -0.15) is 0 Å². The molecular weight excluding hydrogens is 526 g/mol. The Kier molecular flexibility index (Phi) is 12.0. The van der Waals surface area contributed by atoms with E-state index >= 15 is 0 Å². The van der Waals surface area contributed by atoms with Crippen LogP contribution in [0.2, 0.25) is 10.0 Å². The van der Waals surface area contributed by atoms with Gasteiger partial charge >= 0.3 is 0 Å². The molecule has 4 N–H and O–H groups in total. The van der Waals surface area contributed by atoms with E-state index in [1.165, 1.54) is 6.07 Å². The van der Waals surface area contributed by atoms with E-state index in [-0.39, 0.29) is 42.4 Å². The highest BCUT2D eigenvalue weighted by Gasteiger charge is 2.11. The Bertz CT molecular complexity index is 806. The van der Waals surface area contributed by atoms with Crippen molar-refractivity contribution in [1.82, 2.24) is 16.0 Å². The van der Waals surface area contributed by atoms with Crippen molar-refractivity contribution in [3.05, 3.63) is 69.7 Å². The lowest BCUT2D eigenvalue weighted by atomic mass is 10.0. The molecule has 0 radical (unpaired) electrons. The van der Waals surface area contributed by atoms with Crippen molar-refractivity contribution in [2.45, 2.75) is 5.92 Å². The summed E-state index contributed by atoms with van der Waals surface area (Å²) >= 11 is 11.8. The van der Waals surface area contributed by atoms with Gasteiger partial charge in [0.1, 0.15) is 0 Å². The van der Waals surface area contributed by atoms with Crippen LogP contribution in [0, 0.1) is 0 Å². The van der Waals surface area contributed by atoms with E-state index in [0.717, 1.165) is 5.56 Å². The van der Waals surface area contributed by atoms with Crippen molar-refractivity contribution < 1.29 is 9.90 Å². The lowest BCUT2D eigenvalue weighted by molar-refractivity contribution is 0.0954. The van der Waals surface area contributed by atoms with Gasteiger partial charge in [-0.25, -0.2) is 0 Å². The standard InChI is InChI=1S/C20H24Cl2N4O2.HI/c1-23-20(26-12-16(13-27)14-5-3-2-4-6-14)25-10-9-24-19(28)15-7-8-17(21)18(22)11-15;/h2-8,11,16,27H,9-10,12-13H2,1H3,(H,24,28)(H2,23,25,26);1H. The zero-order chi connectivity index (χ0) is 20.4. The maximum Gasteiger partial charge on any atom is 0.251 e. The number of aliphatic imine (C=N–C) groups is 1. The number of guanidine groups is 1. The average Bonchev–Trinajstić information content (AvgIpc) is 2.72. The third kappa shape index (κ3) is 8.38. The minimum Gasteiger partial charge on any atom is -0.396 e. The first-order valence-corrected chi connectivity index (χ1v) is 9.64. The number of carbonyl (C=O) groups is 1. The molecule has 29 heavy (non-hydrogen) atoms. The minimum atomic E-state index is -0.229. The number of hydrogen-bond acceptors (Lipinski definition) is 3. The van der Waals surface area contributed by atoms with Crippen LogP contribution in [0.25, 0.3) is 0 Å². The number of hydrogen-bond donors (Lipinski definition) is 4. The van der Waals surface area contributed by atoms with E-state index in [9.17, 15) is 9.90 Å². The summed E-state index contributed by atoms with van der Waals surface area (Å²) in [5.74, 6) is 0.333. The van der Waals surface area contributed by atoms with E-state index < -0.39 is 0 Å². The van der Waals surface area contributed by atoms with Gasteiger partial charge in [-0.3, -0.25) is 9.79 Å². The third-order valence-electron chi connectivity index (χ3n) is 4.12. The Morgan fingerprint density at radius 2 is 1.72 bits per heavy atom. The van der Waals surface area contributed by atoms with Crippen LogP contribution in [-0.2, 0) is 0 Å². The number of carbonyl (C=O) groups excluding carboxylic acids is 1. The van der Waals surface area contributed by atoms with Gasteiger partial charge in [0.2, 0.25) is 0 Å². The van der Waals surface area contributed by atoms with Crippen molar-refractivity contribution in [1.29, 1.82) is 0 Å². The normalized spacial score (nSPS) is 11.9. The van der Waals surface area contributed by atoms with Crippen LogP contribution in [0.15, 0.2) is 53.5 Å². The Hall–Kier alpha value is -1.55. The molecule has 158 valence electrons. The number of aliphatic hydroxyl groups is 1. The maximum atomic E-state index is 12.1. The second-order valence-electron chi connectivity index (χ2n) is 6.05. The van der Waals surface area contributed by atoms with Crippen LogP contribution in [0.4, 0.5) is 0 Å². The van der Waals surface area contributed by atoms with Gasteiger partial charge in [-0.1, -0.05) is 53.5 Å². The summed E-state index contributed by atoms with van der Waals surface area (Å²) in [6, 6.07) is 14.5. The zero-order valence-corrected chi connectivity index (χ0v) is 19.8. The quantitative estimate of drug-likeness (QED) is 0.176. The number of halogens is 3. The van der Waals surface area contributed by atoms with Crippen molar-refractivity contribution in [3.63, 3.8) is 0 Å². The van der Waals surface area contributed by atoms with Gasteiger partial charge in [0.25, 0.3) is 5.91 Å². The predicted molar refractivity (Wildman–Crippen MR) is 130 cm³/mol. The molecule has 0 aliphatic heterocycles. The second-order valence-corrected chi connectivity index (χ2v) is 6.87.